The summed E-state index contributed by atoms with van der Waals surface area (Å²) in [5.74, 6) is 0.929. The van der Waals surface area contributed by atoms with Crippen LogP contribution in [0.2, 0.25) is 5.02 Å². The number of aromatic hydroxyl groups is 1. The van der Waals surface area contributed by atoms with E-state index in [1.165, 1.54) is 31.4 Å². The second-order valence-corrected chi connectivity index (χ2v) is 9.10. The van der Waals surface area contributed by atoms with Gasteiger partial charge in [-0.3, -0.25) is 0 Å². The number of fused-ring (bicyclic) bond motifs is 1. The molecule has 1 fully saturated rings. The summed E-state index contributed by atoms with van der Waals surface area (Å²) in [5.41, 5.74) is 11.4. The molecule has 9 heteroatoms. The summed E-state index contributed by atoms with van der Waals surface area (Å²) in [6.45, 7) is 0. The largest absolute Gasteiger partial charge is 0.508 e. The second-order valence-electron chi connectivity index (χ2n) is 8.69. The summed E-state index contributed by atoms with van der Waals surface area (Å²) in [6, 6.07) is 10.8. The molecule has 0 unspecified atom stereocenters. The van der Waals surface area contributed by atoms with Crippen molar-refractivity contribution in [2.24, 2.45) is 10.7 Å². The fourth-order valence-electron chi connectivity index (χ4n) is 4.46. The predicted molar refractivity (Wildman–Crippen MR) is 139 cm³/mol. The molecule has 0 bridgehead atoms. The van der Waals surface area contributed by atoms with Gasteiger partial charge in [0.2, 0.25) is 5.88 Å². The van der Waals surface area contributed by atoms with Crippen molar-refractivity contribution in [2.45, 2.75) is 38.1 Å². The number of benzene rings is 1. The Kier molecular flexibility index (Phi) is 6.46. The van der Waals surface area contributed by atoms with Gasteiger partial charge in [-0.1, -0.05) is 30.9 Å². The van der Waals surface area contributed by atoms with Gasteiger partial charge >= 0.3 is 0 Å². The quantitative estimate of drug-likeness (QED) is 0.241. The number of aliphatic imine (C=N–C) groups is 1. The molecule has 1 aromatic carbocycles. The summed E-state index contributed by atoms with van der Waals surface area (Å²) < 4.78 is 7.03. The van der Waals surface area contributed by atoms with Crippen molar-refractivity contribution in [3.05, 3.63) is 65.6 Å². The number of nitrogens with zero attached hydrogens (tertiary/aromatic N) is 4. The van der Waals surface area contributed by atoms with Gasteiger partial charge < -0.3 is 20.9 Å². The Morgan fingerprint density at radius 2 is 1.97 bits per heavy atom. The van der Waals surface area contributed by atoms with E-state index in [1.807, 2.05) is 22.8 Å². The predicted octanol–water partition coefficient (Wildman–Crippen LogP) is 5.55. The first-order valence-electron chi connectivity index (χ1n) is 11.6. The van der Waals surface area contributed by atoms with Gasteiger partial charge in [0.1, 0.15) is 11.6 Å². The molecule has 3 aromatic heterocycles. The molecule has 0 aliphatic heterocycles. The monoisotopic (exact) mass is 490 g/mol. The molecule has 0 atom stereocenters. The first-order chi connectivity index (χ1) is 17.0. The molecule has 5 rings (SSSR count). The molecule has 1 aliphatic rings. The molecule has 1 aliphatic carbocycles. The van der Waals surface area contributed by atoms with Crippen molar-refractivity contribution in [1.29, 1.82) is 0 Å². The second kappa shape index (κ2) is 9.84. The average molecular weight is 491 g/mol. The van der Waals surface area contributed by atoms with Gasteiger partial charge in [0.05, 0.1) is 40.8 Å². The first kappa shape index (κ1) is 23.0. The van der Waals surface area contributed by atoms with Crippen LogP contribution in [0.25, 0.3) is 16.6 Å². The van der Waals surface area contributed by atoms with E-state index in [0.29, 0.717) is 34.0 Å². The highest BCUT2D eigenvalue weighted by Gasteiger charge is 2.20. The van der Waals surface area contributed by atoms with Gasteiger partial charge in [-0.2, -0.15) is 5.10 Å². The van der Waals surface area contributed by atoms with E-state index in [9.17, 15) is 5.11 Å². The number of rotatable bonds is 6. The zero-order valence-electron chi connectivity index (χ0n) is 19.4. The van der Waals surface area contributed by atoms with E-state index in [0.717, 1.165) is 35.2 Å². The molecule has 0 amide bonds. The summed E-state index contributed by atoms with van der Waals surface area (Å²) in [4.78, 5) is 8.88. The number of anilines is 1. The Morgan fingerprint density at radius 1 is 1.14 bits per heavy atom. The molecule has 4 N–H and O–H groups in total. The summed E-state index contributed by atoms with van der Waals surface area (Å²) >= 11 is 6.27. The molecule has 0 radical (unpaired) electrons. The molecule has 35 heavy (non-hydrogen) atoms. The van der Waals surface area contributed by atoms with E-state index in [-0.39, 0.29) is 5.75 Å². The lowest BCUT2D eigenvalue weighted by Crippen LogP contribution is -2.25. The topological polar surface area (TPSA) is 110 Å². The fourth-order valence-corrected chi connectivity index (χ4v) is 4.68. The molecule has 8 nitrogen and oxygen atoms in total. The Labute approximate surface area is 208 Å². The smallest absolute Gasteiger partial charge is 0.212 e. The van der Waals surface area contributed by atoms with E-state index in [1.54, 1.807) is 25.6 Å². The maximum absolute atomic E-state index is 9.66. The number of pyridine rings is 1. The molecule has 0 saturated heterocycles. The van der Waals surface area contributed by atoms with E-state index < -0.39 is 0 Å². The van der Waals surface area contributed by atoms with Crippen molar-refractivity contribution >= 4 is 34.3 Å². The van der Waals surface area contributed by atoms with E-state index in [2.05, 4.69) is 26.5 Å². The van der Waals surface area contributed by atoms with E-state index in [4.69, 9.17) is 22.1 Å². The standard InChI is InChI=1S/C26H27ClN6O2/c1-35-24-10-7-16(13-29-24)17-11-23-25(31-18-5-3-2-4-6-18)20(14-30-33(23)15-17)26(28)32-22-9-8-19(34)12-21(22)27/h7-15,18,31,34H,2-6H2,1H3,(H2,28,32). The molecule has 3 heterocycles. The number of nitrogens with one attached hydrogen (secondary N) is 1. The number of hydrogen-bond acceptors (Lipinski definition) is 6. The van der Waals surface area contributed by atoms with Crippen LogP contribution in [0.3, 0.4) is 0 Å². The highest BCUT2D eigenvalue weighted by atomic mass is 35.5. The maximum Gasteiger partial charge on any atom is 0.212 e. The zero-order chi connectivity index (χ0) is 24.4. The van der Waals surface area contributed by atoms with E-state index >= 15 is 0 Å². The zero-order valence-corrected chi connectivity index (χ0v) is 20.2. The lowest BCUT2D eigenvalue weighted by Gasteiger charge is -2.25. The number of halogens is 1. The first-order valence-corrected chi connectivity index (χ1v) is 12.0. The minimum Gasteiger partial charge on any atom is -0.508 e. The van der Waals surface area contributed by atoms with Crippen molar-refractivity contribution in [3.63, 3.8) is 0 Å². The van der Waals surface area contributed by atoms with Crippen LogP contribution in [-0.2, 0) is 0 Å². The third-order valence-corrected chi connectivity index (χ3v) is 6.62. The minimum atomic E-state index is 0.0731. The Balaban J connectivity index is 1.60. The molecule has 0 spiro atoms. The molecule has 180 valence electrons. The number of methoxy groups -OCH3 is 1. The van der Waals surface area contributed by atoms with Gasteiger partial charge in [0.15, 0.2) is 0 Å². The van der Waals surface area contributed by atoms with Crippen LogP contribution in [-0.4, -0.2) is 38.7 Å². The van der Waals surface area contributed by atoms with Gasteiger partial charge in [-0.05, 0) is 37.1 Å². The molecule has 1 saturated carbocycles. The fraction of sp³-hybridized carbons (Fsp3) is 0.269. The van der Waals surface area contributed by atoms with Crippen LogP contribution in [0.4, 0.5) is 11.4 Å². The normalized spacial score (nSPS) is 14.9. The third-order valence-electron chi connectivity index (χ3n) is 6.32. The van der Waals surface area contributed by atoms with Crippen molar-refractivity contribution in [3.8, 4) is 22.8 Å². The third kappa shape index (κ3) is 4.88. The summed E-state index contributed by atoms with van der Waals surface area (Å²) in [5, 5.41) is 18.3. The Bertz CT molecular complexity index is 1380. The number of amidine groups is 1. The minimum absolute atomic E-state index is 0.0731. The number of nitrogens with two attached hydrogens (primary N) is 1. The van der Waals surface area contributed by atoms with Crippen LogP contribution in [0.5, 0.6) is 11.6 Å². The highest BCUT2D eigenvalue weighted by Crippen LogP contribution is 2.33. The summed E-state index contributed by atoms with van der Waals surface area (Å²) in [6.07, 6.45) is 11.3. The summed E-state index contributed by atoms with van der Waals surface area (Å²) in [7, 11) is 1.60. The van der Waals surface area contributed by atoms with Crippen LogP contribution >= 0.6 is 11.6 Å². The van der Waals surface area contributed by atoms with Crippen LogP contribution in [0.1, 0.15) is 37.7 Å². The molecular weight excluding hydrogens is 464 g/mol. The number of phenols is 1. The van der Waals surface area contributed by atoms with Crippen LogP contribution in [0.15, 0.2) is 60.0 Å². The number of ether oxygens (including phenoxy) is 1. The number of hydrogen-bond donors (Lipinski definition) is 3. The van der Waals surface area contributed by atoms with Crippen molar-refractivity contribution in [2.75, 3.05) is 12.4 Å². The van der Waals surface area contributed by atoms with Gasteiger partial charge in [-0.25, -0.2) is 14.5 Å². The molecule has 4 aromatic rings. The number of aromatic nitrogens is 3. The Morgan fingerprint density at radius 3 is 2.69 bits per heavy atom. The average Bonchev–Trinajstić information content (AvgIpc) is 3.31. The van der Waals surface area contributed by atoms with Gasteiger partial charge in [0, 0.05) is 41.7 Å². The van der Waals surface area contributed by atoms with Crippen LogP contribution < -0.4 is 15.8 Å². The highest BCUT2D eigenvalue weighted by molar-refractivity contribution is 6.33. The van der Waals surface area contributed by atoms with Crippen molar-refractivity contribution in [1.82, 2.24) is 14.6 Å². The van der Waals surface area contributed by atoms with Gasteiger partial charge in [-0.15, -0.1) is 0 Å². The SMILES string of the molecule is COc1ccc(-c2cc3c(NC4CCCCC4)c(/C(N)=N/c4ccc(O)cc4Cl)cnn3c2)cn1. The lowest BCUT2D eigenvalue weighted by atomic mass is 9.95. The maximum atomic E-state index is 9.66. The number of phenolic OH excluding ortho intramolecular Hbond substituents is 1. The van der Waals surface area contributed by atoms with Gasteiger partial charge in [0.25, 0.3) is 0 Å². The molecular formula is C26H27ClN6O2. The lowest BCUT2D eigenvalue weighted by molar-refractivity contribution is 0.398. The Hall–Kier alpha value is -3.78. The van der Waals surface area contributed by atoms with Crippen molar-refractivity contribution < 1.29 is 9.84 Å². The van der Waals surface area contributed by atoms with Crippen LogP contribution in [0, 0.1) is 0 Å².